The van der Waals surface area contributed by atoms with Crippen LogP contribution < -0.4 is 10.9 Å². The van der Waals surface area contributed by atoms with Crippen LogP contribution in [0.1, 0.15) is 26.3 Å². The molecule has 7 heteroatoms. The third-order valence-electron chi connectivity index (χ3n) is 2.24. The summed E-state index contributed by atoms with van der Waals surface area (Å²) < 4.78 is 1.40. The summed E-state index contributed by atoms with van der Waals surface area (Å²) >= 11 is 8.72. The van der Waals surface area contributed by atoms with Crippen molar-refractivity contribution in [1.82, 2.24) is 14.9 Å². The monoisotopic (exact) mass is 321 g/mol. The van der Waals surface area contributed by atoms with E-state index in [9.17, 15) is 9.59 Å². The molecule has 0 radical (unpaired) electrons. The number of aromatic nitrogens is 2. The first kappa shape index (κ1) is 14.2. The number of carbonyl (C=O) groups is 1. The van der Waals surface area contributed by atoms with Gasteiger partial charge in [0.15, 0.2) is 5.15 Å². The van der Waals surface area contributed by atoms with Crippen LogP contribution in [0.5, 0.6) is 0 Å². The smallest absolute Gasteiger partial charge is 0.269 e. The van der Waals surface area contributed by atoms with Crippen LogP contribution in [0.25, 0.3) is 0 Å². The van der Waals surface area contributed by atoms with Crippen LogP contribution in [0, 0.1) is 0 Å². The molecular formula is C10H13BrClN3O2. The maximum atomic E-state index is 11.8. The summed E-state index contributed by atoms with van der Waals surface area (Å²) in [5.74, 6) is -0.218. The van der Waals surface area contributed by atoms with Crippen molar-refractivity contribution in [2.45, 2.75) is 26.3 Å². The van der Waals surface area contributed by atoms with Crippen LogP contribution in [-0.4, -0.2) is 22.0 Å². The molecule has 1 atom stereocenters. The first-order valence-electron chi connectivity index (χ1n) is 5.18. The van der Waals surface area contributed by atoms with E-state index in [1.165, 1.54) is 10.9 Å². The van der Waals surface area contributed by atoms with Crippen LogP contribution in [0.2, 0.25) is 5.15 Å². The van der Waals surface area contributed by atoms with E-state index in [1.807, 2.05) is 6.92 Å². The van der Waals surface area contributed by atoms with E-state index in [1.54, 1.807) is 6.92 Å². The lowest BCUT2D eigenvalue weighted by Crippen LogP contribution is -2.36. The molecule has 0 saturated carbocycles. The number of nitrogens with one attached hydrogen (secondary N) is 1. The van der Waals surface area contributed by atoms with Crippen molar-refractivity contribution in [2.75, 3.05) is 6.54 Å². The van der Waals surface area contributed by atoms with Crippen molar-refractivity contribution in [3.63, 3.8) is 0 Å². The summed E-state index contributed by atoms with van der Waals surface area (Å²) in [4.78, 5) is 27.3. The largest absolute Gasteiger partial charge is 0.354 e. The first-order chi connectivity index (χ1) is 7.99. The third kappa shape index (κ3) is 3.29. The van der Waals surface area contributed by atoms with Gasteiger partial charge in [-0.15, -0.1) is 0 Å². The Balaban J connectivity index is 2.97. The van der Waals surface area contributed by atoms with Gasteiger partial charge in [-0.1, -0.05) is 18.5 Å². The molecule has 94 valence electrons. The normalized spacial score (nSPS) is 12.2. The Morgan fingerprint density at radius 1 is 1.71 bits per heavy atom. The second-order valence-electron chi connectivity index (χ2n) is 3.53. The van der Waals surface area contributed by atoms with Crippen LogP contribution >= 0.6 is 27.5 Å². The predicted octanol–water partition coefficient (Wildman–Crippen LogP) is 1.75. The minimum atomic E-state index is -0.616. The number of amides is 1. The SMILES string of the molecule is CCCNC(=O)C(C)n1cnc(Cl)c(Br)c1=O. The summed E-state index contributed by atoms with van der Waals surface area (Å²) in [6.45, 7) is 4.17. The Hall–Kier alpha value is -0.880. The molecule has 1 aromatic heterocycles. The number of rotatable bonds is 4. The summed E-state index contributed by atoms with van der Waals surface area (Å²) in [5, 5.41) is 2.81. The maximum absolute atomic E-state index is 11.8. The Morgan fingerprint density at radius 3 is 2.94 bits per heavy atom. The van der Waals surface area contributed by atoms with E-state index >= 15 is 0 Å². The van der Waals surface area contributed by atoms with Gasteiger partial charge in [-0.25, -0.2) is 4.98 Å². The van der Waals surface area contributed by atoms with E-state index in [0.717, 1.165) is 6.42 Å². The molecule has 0 spiro atoms. The van der Waals surface area contributed by atoms with Gasteiger partial charge in [0, 0.05) is 6.54 Å². The molecule has 0 aliphatic carbocycles. The van der Waals surface area contributed by atoms with E-state index < -0.39 is 6.04 Å². The van der Waals surface area contributed by atoms with Gasteiger partial charge in [0.2, 0.25) is 5.91 Å². The predicted molar refractivity (Wildman–Crippen MR) is 69.2 cm³/mol. The Morgan fingerprint density at radius 2 is 2.35 bits per heavy atom. The number of hydrogen-bond acceptors (Lipinski definition) is 3. The number of carbonyl (C=O) groups excluding carboxylic acids is 1. The fraction of sp³-hybridized carbons (Fsp3) is 0.500. The lowest BCUT2D eigenvalue weighted by Gasteiger charge is -2.14. The molecule has 0 bridgehead atoms. The first-order valence-corrected chi connectivity index (χ1v) is 6.36. The molecule has 1 unspecified atom stereocenters. The molecule has 1 heterocycles. The van der Waals surface area contributed by atoms with Gasteiger partial charge in [-0.2, -0.15) is 0 Å². The van der Waals surface area contributed by atoms with Gasteiger partial charge < -0.3 is 5.32 Å². The molecule has 0 aliphatic heterocycles. The standard InChI is InChI=1S/C10H13BrClN3O2/c1-3-4-13-9(16)6(2)15-5-14-8(12)7(11)10(15)17/h5-6H,3-4H2,1-2H3,(H,13,16). The molecule has 17 heavy (non-hydrogen) atoms. The Bertz CT molecular complexity index is 475. The third-order valence-corrected chi connectivity index (χ3v) is 3.47. The van der Waals surface area contributed by atoms with Crippen LogP contribution in [0.4, 0.5) is 0 Å². The molecule has 0 aromatic carbocycles. The Kier molecular flexibility index (Phi) is 5.14. The summed E-state index contributed by atoms with van der Waals surface area (Å²) in [6, 6.07) is -0.616. The number of halogens is 2. The van der Waals surface area contributed by atoms with E-state index in [0.29, 0.717) is 6.54 Å². The molecule has 5 nitrogen and oxygen atoms in total. The van der Waals surface area contributed by atoms with Gasteiger partial charge >= 0.3 is 0 Å². The van der Waals surface area contributed by atoms with Gasteiger partial charge in [0.05, 0.1) is 6.33 Å². The molecule has 1 aromatic rings. The molecule has 1 amide bonds. The van der Waals surface area contributed by atoms with Crippen LogP contribution in [0.3, 0.4) is 0 Å². The molecule has 0 aliphatic rings. The highest BCUT2D eigenvalue weighted by molar-refractivity contribution is 9.10. The summed E-state index contributed by atoms with van der Waals surface area (Å²) in [7, 11) is 0. The summed E-state index contributed by atoms with van der Waals surface area (Å²) in [6.07, 6.45) is 2.11. The lowest BCUT2D eigenvalue weighted by atomic mass is 10.3. The molecule has 1 N–H and O–H groups in total. The zero-order chi connectivity index (χ0) is 13.0. The van der Waals surface area contributed by atoms with Crippen LogP contribution in [0.15, 0.2) is 15.6 Å². The Labute approximate surface area is 112 Å². The number of hydrogen-bond donors (Lipinski definition) is 1. The fourth-order valence-electron chi connectivity index (χ4n) is 1.22. The minimum Gasteiger partial charge on any atom is -0.354 e. The van der Waals surface area contributed by atoms with Crippen molar-refractivity contribution < 1.29 is 4.79 Å². The quantitative estimate of drug-likeness (QED) is 0.859. The topological polar surface area (TPSA) is 64.0 Å². The zero-order valence-corrected chi connectivity index (χ0v) is 11.9. The van der Waals surface area contributed by atoms with Crippen molar-refractivity contribution in [3.8, 4) is 0 Å². The van der Waals surface area contributed by atoms with Crippen molar-refractivity contribution in [1.29, 1.82) is 0 Å². The van der Waals surface area contributed by atoms with Crippen LogP contribution in [-0.2, 0) is 4.79 Å². The molecule has 1 rings (SSSR count). The van der Waals surface area contributed by atoms with Crippen molar-refractivity contribution >= 4 is 33.4 Å². The van der Waals surface area contributed by atoms with Gasteiger partial charge in [-0.3, -0.25) is 14.2 Å². The minimum absolute atomic E-state index is 0.0902. The number of nitrogens with zero attached hydrogens (tertiary/aromatic N) is 2. The second kappa shape index (κ2) is 6.16. The summed E-state index contributed by atoms with van der Waals surface area (Å²) in [5.41, 5.74) is -0.371. The van der Waals surface area contributed by atoms with Gasteiger partial charge in [0.25, 0.3) is 5.56 Å². The zero-order valence-electron chi connectivity index (χ0n) is 9.54. The van der Waals surface area contributed by atoms with E-state index in [4.69, 9.17) is 11.6 Å². The molecule has 0 saturated heterocycles. The fourth-order valence-corrected chi connectivity index (χ4v) is 1.65. The van der Waals surface area contributed by atoms with E-state index in [-0.39, 0.29) is 21.1 Å². The highest BCUT2D eigenvalue weighted by atomic mass is 79.9. The average molecular weight is 323 g/mol. The molecule has 0 fully saturated rings. The highest BCUT2D eigenvalue weighted by Gasteiger charge is 2.17. The van der Waals surface area contributed by atoms with E-state index in [2.05, 4.69) is 26.2 Å². The highest BCUT2D eigenvalue weighted by Crippen LogP contribution is 2.15. The van der Waals surface area contributed by atoms with Crippen molar-refractivity contribution in [2.24, 2.45) is 0 Å². The van der Waals surface area contributed by atoms with Gasteiger partial charge in [-0.05, 0) is 29.3 Å². The van der Waals surface area contributed by atoms with Crippen molar-refractivity contribution in [3.05, 3.63) is 26.3 Å². The average Bonchev–Trinajstić information content (AvgIpc) is 2.32. The lowest BCUT2D eigenvalue weighted by molar-refractivity contribution is -0.123. The van der Waals surface area contributed by atoms with Gasteiger partial charge in [0.1, 0.15) is 10.5 Å². The maximum Gasteiger partial charge on any atom is 0.269 e. The second-order valence-corrected chi connectivity index (χ2v) is 4.68. The molecular weight excluding hydrogens is 309 g/mol.